The van der Waals surface area contributed by atoms with Gasteiger partial charge in [0.05, 0.1) is 18.6 Å². The third-order valence-electron chi connectivity index (χ3n) is 4.73. The molecule has 0 bridgehead atoms. The molecular formula is C19H28F2N2O4. The number of hydrogen-bond donors (Lipinski definition) is 1. The summed E-state index contributed by atoms with van der Waals surface area (Å²) in [6.07, 6.45) is 1.44. The summed E-state index contributed by atoms with van der Waals surface area (Å²) in [5, 5.41) is 3.27. The van der Waals surface area contributed by atoms with Gasteiger partial charge >= 0.3 is 6.61 Å². The van der Waals surface area contributed by atoms with Gasteiger partial charge in [0.2, 0.25) is 5.91 Å². The van der Waals surface area contributed by atoms with Crippen LogP contribution in [-0.4, -0.2) is 57.9 Å². The lowest BCUT2D eigenvalue weighted by atomic mass is 9.78. The van der Waals surface area contributed by atoms with Crippen LogP contribution in [-0.2, 0) is 16.1 Å². The summed E-state index contributed by atoms with van der Waals surface area (Å²) < 4.78 is 40.3. The van der Waals surface area contributed by atoms with Gasteiger partial charge < -0.3 is 24.4 Å². The van der Waals surface area contributed by atoms with Gasteiger partial charge in [0.15, 0.2) is 11.5 Å². The molecule has 8 heteroatoms. The van der Waals surface area contributed by atoms with Crippen LogP contribution in [0.5, 0.6) is 11.5 Å². The van der Waals surface area contributed by atoms with Crippen molar-refractivity contribution in [2.24, 2.45) is 5.41 Å². The third-order valence-corrected chi connectivity index (χ3v) is 4.73. The van der Waals surface area contributed by atoms with Gasteiger partial charge in [-0.3, -0.25) is 4.79 Å². The van der Waals surface area contributed by atoms with E-state index in [2.05, 4.69) is 10.1 Å². The maximum Gasteiger partial charge on any atom is 0.387 e. The average molecular weight is 386 g/mol. The van der Waals surface area contributed by atoms with Crippen molar-refractivity contribution in [3.05, 3.63) is 23.8 Å². The summed E-state index contributed by atoms with van der Waals surface area (Å²) in [7, 11) is 3.35. The molecule has 1 heterocycles. The van der Waals surface area contributed by atoms with Gasteiger partial charge in [-0.2, -0.15) is 8.78 Å². The summed E-state index contributed by atoms with van der Waals surface area (Å²) in [5.41, 5.74) is 0.244. The molecule has 1 aliphatic heterocycles. The van der Waals surface area contributed by atoms with E-state index in [4.69, 9.17) is 9.47 Å². The predicted molar refractivity (Wildman–Crippen MR) is 97.1 cm³/mol. The molecule has 6 nitrogen and oxygen atoms in total. The number of piperidine rings is 1. The van der Waals surface area contributed by atoms with Gasteiger partial charge in [0.1, 0.15) is 0 Å². The van der Waals surface area contributed by atoms with Gasteiger partial charge in [-0.1, -0.05) is 6.07 Å². The van der Waals surface area contributed by atoms with E-state index in [1.807, 2.05) is 0 Å². The Labute approximate surface area is 158 Å². The van der Waals surface area contributed by atoms with Gasteiger partial charge in [0.25, 0.3) is 0 Å². The number of methoxy groups -OCH3 is 1. The quantitative estimate of drug-likeness (QED) is 0.707. The molecule has 1 saturated heterocycles. The maximum atomic E-state index is 13.1. The molecule has 0 atom stereocenters. The lowest BCUT2D eigenvalue weighted by molar-refractivity contribution is -0.146. The van der Waals surface area contributed by atoms with Crippen LogP contribution < -0.4 is 14.8 Å². The van der Waals surface area contributed by atoms with Crippen LogP contribution >= 0.6 is 0 Å². The van der Waals surface area contributed by atoms with Crippen molar-refractivity contribution < 1.29 is 27.8 Å². The number of carbonyl (C=O) groups excluding carboxylic acids is 1. The number of amides is 1. The first-order valence-electron chi connectivity index (χ1n) is 9.07. The van der Waals surface area contributed by atoms with Gasteiger partial charge in [-0.25, -0.2) is 0 Å². The number of nitrogens with zero attached hydrogens (tertiary/aromatic N) is 1. The normalized spacial score (nSPS) is 16.2. The fourth-order valence-corrected chi connectivity index (χ4v) is 3.46. The van der Waals surface area contributed by atoms with Gasteiger partial charge in [-0.05, 0) is 50.6 Å². The highest BCUT2D eigenvalue weighted by molar-refractivity contribution is 5.83. The van der Waals surface area contributed by atoms with E-state index in [0.717, 1.165) is 31.5 Å². The number of alkyl halides is 2. The van der Waals surface area contributed by atoms with Crippen LogP contribution in [0.15, 0.2) is 18.2 Å². The Morgan fingerprint density at radius 1 is 1.30 bits per heavy atom. The van der Waals surface area contributed by atoms with E-state index >= 15 is 0 Å². The molecule has 2 rings (SSSR count). The Kier molecular flexibility index (Phi) is 7.79. The third kappa shape index (κ3) is 5.52. The topological polar surface area (TPSA) is 60.0 Å². The largest absolute Gasteiger partial charge is 0.490 e. The van der Waals surface area contributed by atoms with Crippen LogP contribution in [0, 0.1) is 5.41 Å². The molecule has 1 N–H and O–H groups in total. The Hall–Kier alpha value is -1.93. The molecule has 0 radical (unpaired) electrons. The molecule has 0 spiro atoms. The standard InChI is InChI=1S/C19H28F2N2O4/c1-4-26-16-11-14(5-6-15(16)27-18(20)21)12-23(2)17(24)19(13-25-3)7-9-22-10-8-19/h5-6,11,18,22H,4,7-10,12-13H2,1-3H3. The summed E-state index contributed by atoms with van der Waals surface area (Å²) in [4.78, 5) is 14.8. The molecule has 0 saturated carbocycles. The second-order valence-corrected chi connectivity index (χ2v) is 6.72. The number of benzene rings is 1. The van der Waals surface area contributed by atoms with Crippen LogP contribution in [0.2, 0.25) is 0 Å². The second kappa shape index (κ2) is 9.85. The first kappa shape index (κ1) is 21.4. The molecule has 0 aromatic heterocycles. The number of halogens is 2. The summed E-state index contributed by atoms with van der Waals surface area (Å²) in [6.45, 7) is 1.43. The first-order chi connectivity index (χ1) is 12.9. The molecule has 0 unspecified atom stereocenters. The van der Waals surface area contributed by atoms with Gasteiger partial charge in [-0.15, -0.1) is 0 Å². The SMILES string of the molecule is CCOc1cc(CN(C)C(=O)C2(COC)CCNCC2)ccc1OC(F)F. The molecule has 152 valence electrons. The molecule has 1 fully saturated rings. The van der Waals surface area contributed by atoms with E-state index < -0.39 is 12.0 Å². The monoisotopic (exact) mass is 386 g/mol. The Balaban J connectivity index is 2.14. The number of hydrogen-bond acceptors (Lipinski definition) is 5. The molecule has 1 amide bonds. The van der Waals surface area contributed by atoms with Crippen molar-refractivity contribution in [1.82, 2.24) is 10.2 Å². The fourth-order valence-electron chi connectivity index (χ4n) is 3.46. The van der Waals surface area contributed by atoms with Crippen molar-refractivity contribution in [3.8, 4) is 11.5 Å². The van der Waals surface area contributed by atoms with Crippen molar-refractivity contribution in [3.63, 3.8) is 0 Å². The first-order valence-corrected chi connectivity index (χ1v) is 9.07. The molecule has 1 aliphatic rings. The molecule has 27 heavy (non-hydrogen) atoms. The van der Waals surface area contributed by atoms with E-state index in [0.29, 0.717) is 19.8 Å². The molecule has 0 aliphatic carbocycles. The van der Waals surface area contributed by atoms with E-state index in [9.17, 15) is 13.6 Å². The van der Waals surface area contributed by atoms with Crippen molar-refractivity contribution in [2.75, 3.05) is 40.5 Å². The minimum absolute atomic E-state index is 0.0150. The summed E-state index contributed by atoms with van der Waals surface area (Å²) in [6, 6.07) is 4.74. The lowest BCUT2D eigenvalue weighted by Gasteiger charge is -2.38. The fraction of sp³-hybridized carbons (Fsp3) is 0.632. The Bertz CT molecular complexity index is 616. The minimum Gasteiger partial charge on any atom is -0.490 e. The van der Waals surface area contributed by atoms with Crippen LogP contribution in [0.4, 0.5) is 8.78 Å². The highest BCUT2D eigenvalue weighted by atomic mass is 19.3. The number of carbonyl (C=O) groups is 1. The Morgan fingerprint density at radius 3 is 2.59 bits per heavy atom. The maximum absolute atomic E-state index is 13.1. The molecular weight excluding hydrogens is 358 g/mol. The molecule has 1 aromatic rings. The van der Waals surface area contributed by atoms with Crippen molar-refractivity contribution in [2.45, 2.75) is 32.9 Å². The zero-order valence-corrected chi connectivity index (χ0v) is 16.1. The highest BCUT2D eigenvalue weighted by Gasteiger charge is 2.41. The van der Waals surface area contributed by atoms with Crippen LogP contribution in [0.3, 0.4) is 0 Å². The zero-order chi connectivity index (χ0) is 19.9. The smallest absolute Gasteiger partial charge is 0.387 e. The summed E-state index contributed by atoms with van der Waals surface area (Å²) >= 11 is 0. The Morgan fingerprint density at radius 2 is 2.00 bits per heavy atom. The minimum atomic E-state index is -2.92. The van der Waals surface area contributed by atoms with Crippen molar-refractivity contribution >= 4 is 5.91 Å². The summed E-state index contributed by atoms with van der Waals surface area (Å²) in [5.74, 6) is 0.250. The van der Waals surface area contributed by atoms with Gasteiger partial charge in [0, 0.05) is 20.7 Å². The van der Waals surface area contributed by atoms with E-state index in [1.54, 1.807) is 38.1 Å². The van der Waals surface area contributed by atoms with Crippen molar-refractivity contribution in [1.29, 1.82) is 0 Å². The highest BCUT2D eigenvalue weighted by Crippen LogP contribution is 2.33. The number of ether oxygens (including phenoxy) is 3. The average Bonchev–Trinajstić information content (AvgIpc) is 2.64. The number of rotatable bonds is 9. The second-order valence-electron chi connectivity index (χ2n) is 6.72. The number of nitrogens with one attached hydrogen (secondary N) is 1. The van der Waals surface area contributed by atoms with E-state index in [1.165, 1.54) is 6.07 Å². The van der Waals surface area contributed by atoms with Crippen LogP contribution in [0.1, 0.15) is 25.3 Å². The predicted octanol–water partition coefficient (Wildman–Crippen LogP) is 2.66. The lowest BCUT2D eigenvalue weighted by Crippen LogP contribution is -2.50. The molecule has 1 aromatic carbocycles. The van der Waals surface area contributed by atoms with Crippen LogP contribution in [0.25, 0.3) is 0 Å². The van der Waals surface area contributed by atoms with E-state index in [-0.39, 0.29) is 17.4 Å². The zero-order valence-electron chi connectivity index (χ0n) is 16.1.